The average molecular weight is 241 g/mol. The quantitative estimate of drug-likeness (QED) is 0.542. The maximum absolute atomic E-state index is 11.7. The third-order valence-electron chi connectivity index (χ3n) is 3.30. The summed E-state index contributed by atoms with van der Waals surface area (Å²) in [5, 5.41) is 0. The van der Waals surface area contributed by atoms with Crippen molar-refractivity contribution < 1.29 is 14.3 Å². The molecular weight excluding hydrogens is 218 g/mol. The zero-order chi connectivity index (χ0) is 12.8. The second-order valence-corrected chi connectivity index (χ2v) is 4.97. The van der Waals surface area contributed by atoms with Gasteiger partial charge < -0.3 is 4.74 Å². The first-order chi connectivity index (χ1) is 8.02. The molecule has 0 aromatic heterocycles. The SMILES string of the molecule is CCOC(=O)CC(=O)CN1CCC(C)CC1C. The summed E-state index contributed by atoms with van der Waals surface area (Å²) in [4.78, 5) is 25.0. The van der Waals surface area contributed by atoms with E-state index in [2.05, 4.69) is 18.7 Å². The minimum absolute atomic E-state index is 0.0372. The van der Waals surface area contributed by atoms with Crippen molar-refractivity contribution >= 4 is 11.8 Å². The van der Waals surface area contributed by atoms with Gasteiger partial charge in [-0.3, -0.25) is 14.5 Å². The number of hydrogen-bond donors (Lipinski definition) is 0. The Labute approximate surface area is 103 Å². The van der Waals surface area contributed by atoms with Gasteiger partial charge in [0.2, 0.25) is 0 Å². The summed E-state index contributed by atoms with van der Waals surface area (Å²) < 4.78 is 4.77. The van der Waals surface area contributed by atoms with Crippen LogP contribution in [-0.2, 0) is 14.3 Å². The molecule has 0 saturated carbocycles. The largest absolute Gasteiger partial charge is 0.466 e. The van der Waals surface area contributed by atoms with E-state index in [4.69, 9.17) is 4.74 Å². The second kappa shape index (κ2) is 6.74. The van der Waals surface area contributed by atoms with Gasteiger partial charge >= 0.3 is 5.97 Å². The first-order valence-corrected chi connectivity index (χ1v) is 6.44. The molecule has 1 aliphatic rings. The zero-order valence-corrected chi connectivity index (χ0v) is 11.1. The van der Waals surface area contributed by atoms with Crippen molar-refractivity contribution in [3.05, 3.63) is 0 Å². The van der Waals surface area contributed by atoms with Crippen LogP contribution in [0.1, 0.15) is 40.0 Å². The molecule has 2 atom stereocenters. The maximum Gasteiger partial charge on any atom is 0.313 e. The molecule has 1 heterocycles. The van der Waals surface area contributed by atoms with Crippen LogP contribution in [0.5, 0.6) is 0 Å². The minimum atomic E-state index is -0.407. The van der Waals surface area contributed by atoms with Gasteiger partial charge in [-0.2, -0.15) is 0 Å². The Balaban J connectivity index is 2.33. The van der Waals surface area contributed by atoms with Crippen molar-refractivity contribution in [2.75, 3.05) is 19.7 Å². The number of esters is 1. The summed E-state index contributed by atoms with van der Waals surface area (Å²) in [5.41, 5.74) is 0. The highest BCUT2D eigenvalue weighted by molar-refractivity contribution is 5.96. The van der Waals surface area contributed by atoms with Gasteiger partial charge in [0.15, 0.2) is 5.78 Å². The molecule has 1 fully saturated rings. The van der Waals surface area contributed by atoms with E-state index in [1.165, 1.54) is 0 Å². The van der Waals surface area contributed by atoms with Crippen LogP contribution < -0.4 is 0 Å². The number of piperidine rings is 1. The molecule has 4 heteroatoms. The predicted octanol–water partition coefficient (Wildman–Crippen LogP) is 1.63. The molecule has 17 heavy (non-hydrogen) atoms. The van der Waals surface area contributed by atoms with E-state index < -0.39 is 5.97 Å². The summed E-state index contributed by atoms with van der Waals surface area (Å²) in [5.74, 6) is 0.293. The lowest BCUT2D eigenvalue weighted by molar-refractivity contribution is -0.145. The van der Waals surface area contributed by atoms with Crippen molar-refractivity contribution in [2.45, 2.75) is 46.1 Å². The molecule has 0 aromatic rings. The van der Waals surface area contributed by atoms with Crippen molar-refractivity contribution in [3.63, 3.8) is 0 Å². The molecule has 98 valence electrons. The fourth-order valence-corrected chi connectivity index (χ4v) is 2.35. The van der Waals surface area contributed by atoms with Gasteiger partial charge in [0.25, 0.3) is 0 Å². The molecule has 0 N–H and O–H groups in total. The maximum atomic E-state index is 11.7. The van der Waals surface area contributed by atoms with Crippen molar-refractivity contribution in [1.82, 2.24) is 4.90 Å². The Morgan fingerprint density at radius 1 is 1.35 bits per heavy atom. The number of ketones is 1. The molecule has 1 rings (SSSR count). The van der Waals surface area contributed by atoms with E-state index in [1.807, 2.05) is 0 Å². The standard InChI is InChI=1S/C13H23NO3/c1-4-17-13(16)8-12(15)9-14-6-5-10(2)7-11(14)3/h10-11H,4-9H2,1-3H3. The van der Waals surface area contributed by atoms with Gasteiger partial charge in [-0.25, -0.2) is 0 Å². The Morgan fingerprint density at radius 2 is 2.06 bits per heavy atom. The Morgan fingerprint density at radius 3 is 2.65 bits per heavy atom. The molecule has 0 aliphatic carbocycles. The summed E-state index contributed by atoms with van der Waals surface area (Å²) in [6.07, 6.45) is 2.18. The minimum Gasteiger partial charge on any atom is -0.466 e. The first-order valence-electron chi connectivity index (χ1n) is 6.44. The van der Waals surface area contributed by atoms with E-state index in [0.29, 0.717) is 19.2 Å². The van der Waals surface area contributed by atoms with E-state index in [-0.39, 0.29) is 12.2 Å². The van der Waals surface area contributed by atoms with Crippen LogP contribution in [0.15, 0.2) is 0 Å². The molecule has 1 aliphatic heterocycles. The Hall–Kier alpha value is -0.900. The van der Waals surface area contributed by atoms with Crippen molar-refractivity contribution in [3.8, 4) is 0 Å². The third kappa shape index (κ3) is 4.86. The van der Waals surface area contributed by atoms with Gasteiger partial charge in [-0.15, -0.1) is 0 Å². The summed E-state index contributed by atoms with van der Waals surface area (Å²) in [6.45, 7) is 7.81. The molecule has 1 saturated heterocycles. The third-order valence-corrected chi connectivity index (χ3v) is 3.30. The Kier molecular flexibility index (Phi) is 5.62. The summed E-state index contributed by atoms with van der Waals surface area (Å²) >= 11 is 0. The lowest BCUT2D eigenvalue weighted by atomic mass is 9.93. The molecular formula is C13H23NO3. The first kappa shape index (κ1) is 14.2. The number of ether oxygens (including phenoxy) is 1. The number of rotatable bonds is 5. The van der Waals surface area contributed by atoms with Crippen LogP contribution in [0, 0.1) is 5.92 Å². The van der Waals surface area contributed by atoms with Crippen molar-refractivity contribution in [1.29, 1.82) is 0 Å². The number of hydrogen-bond acceptors (Lipinski definition) is 4. The molecule has 0 spiro atoms. The van der Waals surface area contributed by atoms with Crippen LogP contribution in [0.25, 0.3) is 0 Å². The molecule has 0 aromatic carbocycles. The fraction of sp³-hybridized carbons (Fsp3) is 0.846. The number of carbonyl (C=O) groups is 2. The van der Waals surface area contributed by atoms with Gasteiger partial charge in [0.05, 0.1) is 13.2 Å². The Bertz CT molecular complexity index is 278. The number of carbonyl (C=O) groups excluding carboxylic acids is 2. The highest BCUT2D eigenvalue weighted by atomic mass is 16.5. The van der Waals surface area contributed by atoms with E-state index >= 15 is 0 Å². The van der Waals surface area contributed by atoms with E-state index in [9.17, 15) is 9.59 Å². The molecule has 0 amide bonds. The normalized spacial score (nSPS) is 25.6. The van der Waals surface area contributed by atoms with Crippen LogP contribution in [0.3, 0.4) is 0 Å². The topological polar surface area (TPSA) is 46.6 Å². The summed E-state index contributed by atoms with van der Waals surface area (Å²) in [7, 11) is 0. The lowest BCUT2D eigenvalue weighted by Crippen LogP contribution is -2.43. The summed E-state index contributed by atoms with van der Waals surface area (Å²) in [6, 6.07) is 0.435. The number of likely N-dealkylation sites (tertiary alicyclic amines) is 1. The predicted molar refractivity (Wildman–Crippen MR) is 65.7 cm³/mol. The molecule has 0 radical (unpaired) electrons. The van der Waals surface area contributed by atoms with Crippen LogP contribution in [0.2, 0.25) is 0 Å². The lowest BCUT2D eigenvalue weighted by Gasteiger charge is -2.35. The highest BCUT2D eigenvalue weighted by Crippen LogP contribution is 2.21. The van der Waals surface area contributed by atoms with Gasteiger partial charge in [0, 0.05) is 6.04 Å². The van der Waals surface area contributed by atoms with Gasteiger partial charge in [-0.1, -0.05) is 6.92 Å². The second-order valence-electron chi connectivity index (χ2n) is 4.97. The average Bonchev–Trinajstić information content (AvgIpc) is 2.22. The fourth-order valence-electron chi connectivity index (χ4n) is 2.35. The van der Waals surface area contributed by atoms with Crippen molar-refractivity contribution in [2.24, 2.45) is 5.92 Å². The van der Waals surface area contributed by atoms with Gasteiger partial charge in [0.1, 0.15) is 6.42 Å². The number of nitrogens with zero attached hydrogens (tertiary/aromatic N) is 1. The molecule has 0 bridgehead atoms. The van der Waals surface area contributed by atoms with Crippen LogP contribution in [-0.4, -0.2) is 42.4 Å². The zero-order valence-electron chi connectivity index (χ0n) is 11.1. The molecule has 4 nitrogen and oxygen atoms in total. The smallest absolute Gasteiger partial charge is 0.313 e. The van der Waals surface area contributed by atoms with E-state index in [1.54, 1.807) is 6.92 Å². The van der Waals surface area contributed by atoms with E-state index in [0.717, 1.165) is 25.3 Å². The van der Waals surface area contributed by atoms with Crippen LogP contribution in [0.4, 0.5) is 0 Å². The van der Waals surface area contributed by atoms with Gasteiger partial charge in [-0.05, 0) is 39.2 Å². The van der Waals surface area contributed by atoms with Crippen LogP contribution >= 0.6 is 0 Å². The number of Topliss-reactive ketones (excluding diaryl/α,β-unsaturated/α-hetero) is 1. The highest BCUT2D eigenvalue weighted by Gasteiger charge is 2.25. The monoisotopic (exact) mass is 241 g/mol. The molecule has 2 unspecified atom stereocenters.